The fourth-order valence-corrected chi connectivity index (χ4v) is 4.09. The molecule has 1 aliphatic carbocycles. The van der Waals surface area contributed by atoms with E-state index in [9.17, 15) is 17.6 Å². The van der Waals surface area contributed by atoms with Crippen molar-refractivity contribution in [1.82, 2.24) is 0 Å². The standard InChI is InChI=1S/C22H19F5O2/c1-2-3-12-4-6-13(7-5-12)16-11-17(23)19-15-9-8-14(29-22(25,26)27)10-18(15)28-21(19)20(16)24/h6,8-12H,2-5,7H2,1H3. The van der Waals surface area contributed by atoms with Crippen LogP contribution < -0.4 is 4.74 Å². The van der Waals surface area contributed by atoms with Gasteiger partial charge in [-0.1, -0.05) is 25.8 Å². The third-order valence-electron chi connectivity index (χ3n) is 5.40. The molecule has 0 fully saturated rings. The number of hydrogen-bond acceptors (Lipinski definition) is 2. The largest absolute Gasteiger partial charge is 0.573 e. The minimum absolute atomic E-state index is 0.0719. The van der Waals surface area contributed by atoms with Gasteiger partial charge >= 0.3 is 6.36 Å². The number of fused-ring (bicyclic) bond motifs is 3. The molecule has 1 heterocycles. The van der Waals surface area contributed by atoms with Gasteiger partial charge in [-0.05, 0) is 49.0 Å². The second kappa shape index (κ2) is 7.35. The molecule has 2 aromatic carbocycles. The number of allylic oxidation sites excluding steroid dienone is 2. The molecule has 7 heteroatoms. The lowest BCUT2D eigenvalue weighted by Gasteiger charge is -2.22. The summed E-state index contributed by atoms with van der Waals surface area (Å²) in [4.78, 5) is 0. The third-order valence-corrected chi connectivity index (χ3v) is 5.40. The van der Waals surface area contributed by atoms with E-state index in [1.54, 1.807) is 0 Å². The van der Waals surface area contributed by atoms with Crippen molar-refractivity contribution in [2.45, 2.75) is 45.4 Å². The lowest BCUT2D eigenvalue weighted by molar-refractivity contribution is -0.274. The number of rotatable bonds is 4. The van der Waals surface area contributed by atoms with Crippen molar-refractivity contribution in [2.75, 3.05) is 0 Å². The normalized spacial score (nSPS) is 17.7. The van der Waals surface area contributed by atoms with Gasteiger partial charge in [0.1, 0.15) is 17.1 Å². The molecule has 0 amide bonds. The molecule has 3 aromatic rings. The van der Waals surface area contributed by atoms with Crippen LogP contribution in [0.3, 0.4) is 0 Å². The summed E-state index contributed by atoms with van der Waals surface area (Å²) < 4.78 is 76.6. The van der Waals surface area contributed by atoms with E-state index in [4.69, 9.17) is 4.42 Å². The molecule has 1 aromatic heterocycles. The summed E-state index contributed by atoms with van der Waals surface area (Å²) in [6.07, 6.45) is 1.65. The van der Waals surface area contributed by atoms with E-state index in [0.29, 0.717) is 12.3 Å². The number of benzene rings is 2. The average molecular weight is 410 g/mol. The second-order valence-corrected chi connectivity index (χ2v) is 7.39. The molecule has 0 N–H and O–H groups in total. The van der Waals surface area contributed by atoms with Crippen LogP contribution in [0.2, 0.25) is 0 Å². The molecule has 1 unspecified atom stereocenters. The Labute approximate surface area is 163 Å². The van der Waals surface area contributed by atoms with Crippen LogP contribution in [-0.4, -0.2) is 6.36 Å². The first-order valence-corrected chi connectivity index (χ1v) is 9.56. The molecule has 1 aliphatic rings. The van der Waals surface area contributed by atoms with Gasteiger partial charge < -0.3 is 9.15 Å². The maximum absolute atomic E-state index is 15.2. The highest BCUT2D eigenvalue weighted by Crippen LogP contribution is 2.40. The van der Waals surface area contributed by atoms with Gasteiger partial charge in [0.05, 0.1) is 5.39 Å². The summed E-state index contributed by atoms with van der Waals surface area (Å²) in [7, 11) is 0. The minimum Gasteiger partial charge on any atom is -0.453 e. The molecule has 29 heavy (non-hydrogen) atoms. The first kappa shape index (κ1) is 19.7. The lowest BCUT2D eigenvalue weighted by atomic mass is 9.84. The number of halogens is 5. The smallest absolute Gasteiger partial charge is 0.453 e. The fourth-order valence-electron chi connectivity index (χ4n) is 4.09. The van der Waals surface area contributed by atoms with Crippen LogP contribution in [0.1, 0.15) is 44.6 Å². The number of ether oxygens (including phenoxy) is 1. The van der Waals surface area contributed by atoms with Crippen LogP contribution in [-0.2, 0) is 0 Å². The molecule has 2 nitrogen and oxygen atoms in total. The monoisotopic (exact) mass is 410 g/mol. The van der Waals surface area contributed by atoms with E-state index < -0.39 is 23.7 Å². The van der Waals surface area contributed by atoms with E-state index in [2.05, 4.69) is 11.7 Å². The van der Waals surface area contributed by atoms with Crippen molar-refractivity contribution in [3.63, 3.8) is 0 Å². The van der Waals surface area contributed by atoms with Crippen molar-refractivity contribution >= 4 is 27.5 Å². The summed E-state index contributed by atoms with van der Waals surface area (Å²) in [5, 5.41) is 0.109. The van der Waals surface area contributed by atoms with Crippen molar-refractivity contribution in [3.8, 4) is 5.75 Å². The van der Waals surface area contributed by atoms with Gasteiger partial charge in [0.25, 0.3) is 0 Å². The highest BCUT2D eigenvalue weighted by molar-refractivity contribution is 6.06. The van der Waals surface area contributed by atoms with Crippen molar-refractivity contribution in [2.24, 2.45) is 5.92 Å². The molecular weight excluding hydrogens is 391 g/mol. The van der Waals surface area contributed by atoms with Crippen molar-refractivity contribution in [3.05, 3.63) is 47.5 Å². The molecular formula is C22H19F5O2. The van der Waals surface area contributed by atoms with Crippen LogP contribution in [0.15, 0.2) is 34.8 Å². The first-order chi connectivity index (χ1) is 13.8. The number of hydrogen-bond donors (Lipinski definition) is 0. The molecule has 0 spiro atoms. The zero-order valence-corrected chi connectivity index (χ0v) is 15.7. The molecule has 0 aliphatic heterocycles. The number of furan rings is 1. The molecule has 1 atom stereocenters. The van der Waals surface area contributed by atoms with Gasteiger partial charge in [-0.25, -0.2) is 8.78 Å². The highest BCUT2D eigenvalue weighted by Gasteiger charge is 2.31. The Balaban J connectivity index is 1.78. The Hall–Kier alpha value is -2.57. The summed E-state index contributed by atoms with van der Waals surface area (Å²) in [5.41, 5.74) is 0.515. The SMILES string of the molecule is CCCC1CC=C(c2cc(F)c3c(oc4cc(OC(F)(F)F)ccc43)c2F)CC1. The van der Waals surface area contributed by atoms with Gasteiger partial charge in [-0.3, -0.25) is 0 Å². The van der Waals surface area contributed by atoms with E-state index in [-0.39, 0.29) is 27.5 Å². The molecule has 154 valence electrons. The van der Waals surface area contributed by atoms with E-state index >= 15 is 4.39 Å². The Bertz CT molecular complexity index is 1090. The Morgan fingerprint density at radius 3 is 2.62 bits per heavy atom. The maximum atomic E-state index is 15.2. The third kappa shape index (κ3) is 3.82. The van der Waals surface area contributed by atoms with Crippen molar-refractivity contribution < 1.29 is 31.1 Å². The topological polar surface area (TPSA) is 22.4 Å². The average Bonchev–Trinajstić information content (AvgIpc) is 3.04. The van der Waals surface area contributed by atoms with Crippen LogP contribution in [0.4, 0.5) is 22.0 Å². The molecule has 4 rings (SSSR count). The van der Waals surface area contributed by atoms with E-state index in [0.717, 1.165) is 49.5 Å². The Morgan fingerprint density at radius 2 is 1.97 bits per heavy atom. The lowest BCUT2D eigenvalue weighted by Crippen LogP contribution is -2.16. The highest BCUT2D eigenvalue weighted by atomic mass is 19.4. The zero-order valence-electron chi connectivity index (χ0n) is 15.7. The summed E-state index contributed by atoms with van der Waals surface area (Å²) >= 11 is 0. The molecule has 0 radical (unpaired) electrons. The minimum atomic E-state index is -4.87. The van der Waals surface area contributed by atoms with Gasteiger partial charge in [-0.2, -0.15) is 0 Å². The van der Waals surface area contributed by atoms with Gasteiger partial charge in [0.15, 0.2) is 11.4 Å². The first-order valence-electron chi connectivity index (χ1n) is 9.56. The van der Waals surface area contributed by atoms with E-state index in [1.807, 2.05) is 6.08 Å². The van der Waals surface area contributed by atoms with Crippen LogP contribution >= 0.6 is 0 Å². The Kier molecular flexibility index (Phi) is 5.00. The summed E-state index contributed by atoms with van der Waals surface area (Å²) in [6.45, 7) is 2.12. The van der Waals surface area contributed by atoms with Crippen molar-refractivity contribution in [1.29, 1.82) is 0 Å². The molecule has 0 bridgehead atoms. The predicted molar refractivity (Wildman–Crippen MR) is 101 cm³/mol. The van der Waals surface area contributed by atoms with E-state index in [1.165, 1.54) is 6.07 Å². The molecule has 0 saturated heterocycles. The van der Waals surface area contributed by atoms with Crippen LogP contribution in [0, 0.1) is 17.6 Å². The summed E-state index contributed by atoms with van der Waals surface area (Å²) in [5.74, 6) is -1.33. The molecule has 0 saturated carbocycles. The van der Waals surface area contributed by atoms with Crippen LogP contribution in [0.5, 0.6) is 5.75 Å². The van der Waals surface area contributed by atoms with Gasteiger partial charge in [-0.15, -0.1) is 13.2 Å². The zero-order chi connectivity index (χ0) is 20.8. The quantitative estimate of drug-likeness (QED) is 0.410. The predicted octanol–water partition coefficient (Wildman–Crippen LogP) is 7.75. The Morgan fingerprint density at radius 1 is 1.17 bits per heavy atom. The number of alkyl halides is 3. The van der Waals surface area contributed by atoms with Gasteiger partial charge in [0.2, 0.25) is 0 Å². The maximum Gasteiger partial charge on any atom is 0.573 e. The van der Waals surface area contributed by atoms with Gasteiger partial charge in [0, 0.05) is 17.0 Å². The van der Waals surface area contributed by atoms with Crippen LogP contribution in [0.25, 0.3) is 27.5 Å². The fraction of sp³-hybridized carbons (Fsp3) is 0.364. The second-order valence-electron chi connectivity index (χ2n) is 7.39. The summed E-state index contributed by atoms with van der Waals surface area (Å²) in [6, 6.07) is 4.42.